The molecule has 1 fully saturated rings. The van der Waals surface area contributed by atoms with Crippen LogP contribution in [0, 0.1) is 6.92 Å². The zero-order valence-corrected chi connectivity index (χ0v) is 21.0. The van der Waals surface area contributed by atoms with Crippen LogP contribution in [0.2, 0.25) is 0 Å². The van der Waals surface area contributed by atoms with Crippen LogP contribution in [0.15, 0.2) is 60.9 Å². The summed E-state index contributed by atoms with van der Waals surface area (Å²) in [6.07, 6.45) is 1.30. The van der Waals surface area contributed by atoms with Gasteiger partial charge in [-0.2, -0.15) is 18.3 Å². The van der Waals surface area contributed by atoms with E-state index in [0.29, 0.717) is 17.1 Å². The highest BCUT2D eigenvalue weighted by Crippen LogP contribution is 2.50. The molecular formula is C28H26F3N5O2. The first kappa shape index (κ1) is 24.3. The molecule has 38 heavy (non-hydrogen) atoms. The highest BCUT2D eigenvalue weighted by Gasteiger charge is 2.45. The van der Waals surface area contributed by atoms with Gasteiger partial charge in [0.05, 0.1) is 12.8 Å². The molecule has 4 aromatic rings. The molecule has 2 aromatic carbocycles. The summed E-state index contributed by atoms with van der Waals surface area (Å²) in [5.41, 5.74) is 1.08. The fraction of sp³-hybridized carbons (Fsp3) is 0.321. The van der Waals surface area contributed by atoms with E-state index in [4.69, 9.17) is 4.74 Å². The average Bonchev–Trinajstić information content (AvgIpc) is 3.40. The van der Waals surface area contributed by atoms with Crippen LogP contribution in [0.25, 0.3) is 5.69 Å². The predicted octanol–water partition coefficient (Wildman–Crippen LogP) is 5.34. The number of halogens is 3. The third-order valence-electron chi connectivity index (χ3n) is 7.64. The molecule has 3 heterocycles. The number of amides is 1. The number of benzene rings is 2. The summed E-state index contributed by atoms with van der Waals surface area (Å²) in [5, 5.41) is 3.86. The molecule has 7 nitrogen and oxygen atoms in total. The van der Waals surface area contributed by atoms with Crippen molar-refractivity contribution in [3.63, 3.8) is 0 Å². The highest BCUT2D eigenvalue weighted by atomic mass is 19.4. The van der Waals surface area contributed by atoms with E-state index in [1.807, 2.05) is 37.4 Å². The lowest BCUT2D eigenvalue weighted by atomic mass is 9.95. The maximum Gasteiger partial charge on any atom is 0.435 e. The molecule has 0 spiro atoms. The van der Waals surface area contributed by atoms with E-state index >= 15 is 0 Å². The number of hydrogen-bond donors (Lipinski definition) is 0. The summed E-state index contributed by atoms with van der Waals surface area (Å²) in [5.74, 6) is 1.01. The van der Waals surface area contributed by atoms with Gasteiger partial charge in [0.15, 0.2) is 5.69 Å². The number of anilines is 1. The zero-order valence-electron chi connectivity index (χ0n) is 21.0. The number of ether oxygens (including phenoxy) is 1. The Morgan fingerprint density at radius 1 is 1.03 bits per heavy atom. The first-order chi connectivity index (χ1) is 18.2. The summed E-state index contributed by atoms with van der Waals surface area (Å²) in [4.78, 5) is 19.5. The monoisotopic (exact) mass is 521 g/mol. The van der Waals surface area contributed by atoms with Crippen molar-refractivity contribution >= 4 is 11.6 Å². The van der Waals surface area contributed by atoms with Crippen LogP contribution in [0.5, 0.6) is 5.75 Å². The normalized spacial score (nSPS) is 16.4. The number of hydrogen-bond acceptors (Lipinski definition) is 4. The van der Waals surface area contributed by atoms with Crippen LogP contribution < -0.4 is 9.64 Å². The standard InChI is InChI=1S/C28H26F3N5O2/c1-18-32-14-16-34(18)17-27(12-13-27)19-3-5-20(6-4-19)35-15-11-23-24(26(35)37)36(33-25(23)28(29,30)31)21-7-9-22(38-2)10-8-21/h3-10,14,16H,11-13,15,17H2,1-2H3. The second kappa shape index (κ2) is 8.75. The van der Waals surface area contributed by atoms with Gasteiger partial charge < -0.3 is 14.2 Å². The van der Waals surface area contributed by atoms with Crippen molar-refractivity contribution in [1.82, 2.24) is 19.3 Å². The van der Waals surface area contributed by atoms with Gasteiger partial charge in [-0.05, 0) is 68.1 Å². The molecule has 0 N–H and O–H groups in total. The Kier molecular flexibility index (Phi) is 5.59. The van der Waals surface area contributed by atoms with Gasteiger partial charge in [0.1, 0.15) is 17.3 Å². The molecule has 1 saturated carbocycles. The quantitative estimate of drug-likeness (QED) is 0.344. The SMILES string of the molecule is COc1ccc(-n2nc(C(F)(F)F)c3c2C(=O)N(c2ccc(C4(Cn5ccnc5C)CC4)cc2)CC3)cc1. The maximum absolute atomic E-state index is 13.9. The maximum atomic E-state index is 13.9. The van der Waals surface area contributed by atoms with Gasteiger partial charge in [-0.15, -0.1) is 0 Å². The molecule has 2 aromatic heterocycles. The molecule has 0 radical (unpaired) electrons. The van der Waals surface area contributed by atoms with Gasteiger partial charge in [-0.1, -0.05) is 12.1 Å². The van der Waals surface area contributed by atoms with Crippen LogP contribution in [0.4, 0.5) is 18.9 Å². The minimum atomic E-state index is -4.67. The molecule has 2 aliphatic rings. The smallest absolute Gasteiger partial charge is 0.435 e. The molecule has 6 rings (SSSR count). The van der Waals surface area contributed by atoms with E-state index < -0.39 is 17.8 Å². The summed E-state index contributed by atoms with van der Waals surface area (Å²) >= 11 is 0. The van der Waals surface area contributed by atoms with Gasteiger partial charge >= 0.3 is 6.18 Å². The largest absolute Gasteiger partial charge is 0.497 e. The number of rotatable bonds is 6. The van der Waals surface area contributed by atoms with E-state index in [1.165, 1.54) is 17.6 Å². The summed E-state index contributed by atoms with van der Waals surface area (Å²) < 4.78 is 50.0. The van der Waals surface area contributed by atoms with Gasteiger partial charge in [-0.3, -0.25) is 4.79 Å². The molecule has 1 aliphatic carbocycles. The third-order valence-corrected chi connectivity index (χ3v) is 7.64. The number of nitrogens with zero attached hydrogens (tertiary/aromatic N) is 5. The van der Waals surface area contributed by atoms with E-state index in [1.54, 1.807) is 30.5 Å². The Balaban J connectivity index is 1.32. The molecule has 1 amide bonds. The van der Waals surface area contributed by atoms with E-state index in [9.17, 15) is 18.0 Å². The first-order valence-corrected chi connectivity index (χ1v) is 12.4. The molecule has 0 saturated heterocycles. The minimum absolute atomic E-state index is 0.0393. The number of aryl methyl sites for hydroxylation is 1. The number of fused-ring (bicyclic) bond motifs is 1. The van der Waals surface area contributed by atoms with Crippen molar-refractivity contribution in [3.05, 3.63) is 89.3 Å². The van der Waals surface area contributed by atoms with Gasteiger partial charge in [0.2, 0.25) is 0 Å². The Labute approximate surface area is 217 Å². The van der Waals surface area contributed by atoms with Crippen molar-refractivity contribution < 1.29 is 22.7 Å². The second-order valence-corrected chi connectivity index (χ2v) is 9.92. The van der Waals surface area contributed by atoms with E-state index in [0.717, 1.165) is 29.9 Å². The zero-order chi connectivity index (χ0) is 26.7. The summed E-state index contributed by atoms with van der Waals surface area (Å²) in [7, 11) is 1.50. The van der Waals surface area contributed by atoms with Crippen molar-refractivity contribution in [1.29, 1.82) is 0 Å². The lowest BCUT2D eigenvalue weighted by molar-refractivity contribution is -0.141. The molecule has 10 heteroatoms. The number of carbonyl (C=O) groups is 1. The summed E-state index contributed by atoms with van der Waals surface area (Å²) in [6.45, 7) is 2.96. The van der Waals surface area contributed by atoms with Crippen LogP contribution in [0.3, 0.4) is 0 Å². The molecule has 0 unspecified atom stereocenters. The summed E-state index contributed by atoms with van der Waals surface area (Å²) in [6, 6.07) is 14.3. The number of carbonyl (C=O) groups excluding carboxylic acids is 1. The molecule has 0 bridgehead atoms. The van der Waals surface area contributed by atoms with Crippen molar-refractivity contribution in [2.75, 3.05) is 18.6 Å². The average molecular weight is 522 g/mol. The Morgan fingerprint density at radius 3 is 2.29 bits per heavy atom. The van der Waals surface area contributed by atoms with Gasteiger partial charge in [0, 0.05) is 42.1 Å². The van der Waals surface area contributed by atoms with E-state index in [-0.39, 0.29) is 29.6 Å². The Bertz CT molecular complexity index is 1500. The topological polar surface area (TPSA) is 65.2 Å². The van der Waals surface area contributed by atoms with Crippen LogP contribution >= 0.6 is 0 Å². The van der Waals surface area contributed by atoms with Crippen molar-refractivity contribution in [3.8, 4) is 11.4 Å². The van der Waals surface area contributed by atoms with E-state index in [2.05, 4.69) is 14.6 Å². The number of aromatic nitrogens is 4. The van der Waals surface area contributed by atoms with Crippen LogP contribution in [-0.4, -0.2) is 38.9 Å². The number of alkyl halides is 3. The fourth-order valence-corrected chi connectivity index (χ4v) is 5.32. The predicted molar refractivity (Wildman–Crippen MR) is 135 cm³/mol. The fourth-order valence-electron chi connectivity index (χ4n) is 5.32. The lowest BCUT2D eigenvalue weighted by Crippen LogP contribution is -2.39. The van der Waals surface area contributed by atoms with Crippen LogP contribution in [0.1, 0.15) is 46.0 Å². The third kappa shape index (κ3) is 4.04. The van der Waals surface area contributed by atoms with Crippen molar-refractivity contribution in [2.24, 2.45) is 0 Å². The molecule has 1 aliphatic heterocycles. The second-order valence-electron chi connectivity index (χ2n) is 9.92. The minimum Gasteiger partial charge on any atom is -0.497 e. The van der Waals surface area contributed by atoms with Crippen molar-refractivity contribution in [2.45, 2.75) is 44.3 Å². The number of imidazole rings is 1. The highest BCUT2D eigenvalue weighted by molar-refractivity contribution is 6.07. The van der Waals surface area contributed by atoms with Gasteiger partial charge in [-0.25, -0.2) is 9.67 Å². The Morgan fingerprint density at radius 2 is 1.71 bits per heavy atom. The first-order valence-electron chi connectivity index (χ1n) is 12.4. The lowest BCUT2D eigenvalue weighted by Gasteiger charge is -2.28. The van der Waals surface area contributed by atoms with Gasteiger partial charge in [0.25, 0.3) is 5.91 Å². The number of methoxy groups -OCH3 is 1. The molecule has 0 atom stereocenters. The molecular weight excluding hydrogens is 495 g/mol. The molecule has 196 valence electrons. The Hall–Kier alpha value is -4.08. The van der Waals surface area contributed by atoms with Crippen LogP contribution in [-0.2, 0) is 24.6 Å².